The summed E-state index contributed by atoms with van der Waals surface area (Å²) in [5, 5.41) is 0. The van der Waals surface area contributed by atoms with E-state index < -0.39 is 0 Å². The van der Waals surface area contributed by atoms with Crippen LogP contribution in [0.5, 0.6) is 0 Å². The van der Waals surface area contributed by atoms with E-state index in [-0.39, 0.29) is 5.60 Å². The zero-order chi connectivity index (χ0) is 10.9. The van der Waals surface area contributed by atoms with Crippen molar-refractivity contribution in [3.05, 3.63) is 0 Å². The first-order valence-corrected chi connectivity index (χ1v) is 6.56. The van der Waals surface area contributed by atoms with Crippen LogP contribution in [0.2, 0.25) is 0 Å². The van der Waals surface area contributed by atoms with E-state index >= 15 is 0 Å². The number of ether oxygens (including phenoxy) is 1. The van der Waals surface area contributed by atoms with E-state index in [0.717, 1.165) is 6.61 Å². The quantitative estimate of drug-likeness (QED) is 0.779. The average molecular weight is 211 g/mol. The summed E-state index contributed by atoms with van der Waals surface area (Å²) < 4.78 is 5.94. The molecule has 0 aromatic rings. The third-order valence-electron chi connectivity index (χ3n) is 4.64. The van der Waals surface area contributed by atoms with Crippen molar-refractivity contribution < 1.29 is 4.74 Å². The maximum atomic E-state index is 6.35. The van der Waals surface area contributed by atoms with Gasteiger partial charge in [-0.2, -0.15) is 0 Å². The summed E-state index contributed by atoms with van der Waals surface area (Å²) in [7, 11) is 0. The van der Waals surface area contributed by atoms with Crippen LogP contribution in [0.1, 0.15) is 52.4 Å². The van der Waals surface area contributed by atoms with Crippen molar-refractivity contribution in [1.29, 1.82) is 0 Å². The molecule has 88 valence electrons. The Morgan fingerprint density at radius 2 is 2.20 bits per heavy atom. The Morgan fingerprint density at radius 1 is 1.47 bits per heavy atom. The van der Waals surface area contributed by atoms with Crippen LogP contribution in [0.4, 0.5) is 0 Å². The highest BCUT2D eigenvalue weighted by Gasteiger charge is 2.44. The molecule has 1 heterocycles. The Hall–Kier alpha value is -0.0800. The van der Waals surface area contributed by atoms with Crippen molar-refractivity contribution in [2.75, 3.05) is 6.61 Å². The Balaban J connectivity index is 1.92. The molecule has 0 radical (unpaired) electrons. The molecule has 1 saturated carbocycles. The number of rotatable bonds is 3. The Morgan fingerprint density at radius 3 is 2.73 bits per heavy atom. The molecule has 1 spiro atoms. The molecule has 1 aliphatic heterocycles. The highest BCUT2D eigenvalue weighted by atomic mass is 16.5. The van der Waals surface area contributed by atoms with Crippen molar-refractivity contribution in [3.63, 3.8) is 0 Å². The minimum atomic E-state index is 0.258. The zero-order valence-electron chi connectivity index (χ0n) is 10.2. The minimum Gasteiger partial charge on any atom is -0.375 e. The van der Waals surface area contributed by atoms with E-state index in [2.05, 4.69) is 13.8 Å². The van der Waals surface area contributed by atoms with Gasteiger partial charge in [0.25, 0.3) is 0 Å². The number of hydrogen-bond donors (Lipinski definition) is 1. The monoisotopic (exact) mass is 211 g/mol. The van der Waals surface area contributed by atoms with Gasteiger partial charge in [0.15, 0.2) is 0 Å². The van der Waals surface area contributed by atoms with Crippen LogP contribution in [0.3, 0.4) is 0 Å². The molecule has 3 atom stereocenters. The molecule has 2 nitrogen and oxygen atoms in total. The van der Waals surface area contributed by atoms with E-state index in [1.54, 1.807) is 0 Å². The topological polar surface area (TPSA) is 35.2 Å². The molecule has 0 aromatic carbocycles. The first kappa shape index (κ1) is 11.4. The third-order valence-corrected chi connectivity index (χ3v) is 4.64. The molecule has 3 unspecified atom stereocenters. The van der Waals surface area contributed by atoms with Gasteiger partial charge in [-0.15, -0.1) is 0 Å². The molecule has 15 heavy (non-hydrogen) atoms. The molecular formula is C13H25NO. The normalized spacial score (nSPS) is 33.4. The predicted molar refractivity (Wildman–Crippen MR) is 62.7 cm³/mol. The molecule has 2 heteroatoms. The fourth-order valence-corrected chi connectivity index (χ4v) is 3.05. The molecule has 0 bridgehead atoms. The molecule has 1 saturated heterocycles. The van der Waals surface area contributed by atoms with Crippen LogP contribution in [-0.4, -0.2) is 18.2 Å². The summed E-state index contributed by atoms with van der Waals surface area (Å²) in [5.74, 6) is 1.36. The van der Waals surface area contributed by atoms with Gasteiger partial charge in [0.2, 0.25) is 0 Å². The first-order valence-electron chi connectivity index (χ1n) is 6.56. The summed E-state index contributed by atoms with van der Waals surface area (Å²) in [6.07, 6.45) is 7.50. The van der Waals surface area contributed by atoms with Gasteiger partial charge in [-0.1, -0.05) is 20.3 Å². The zero-order valence-corrected chi connectivity index (χ0v) is 10.2. The van der Waals surface area contributed by atoms with Gasteiger partial charge in [-0.25, -0.2) is 0 Å². The Bertz CT molecular complexity index is 213. The second kappa shape index (κ2) is 4.42. The number of hydrogen-bond acceptors (Lipinski definition) is 2. The van der Waals surface area contributed by atoms with Crippen molar-refractivity contribution in [2.45, 2.75) is 64.0 Å². The Kier molecular flexibility index (Phi) is 3.36. The van der Waals surface area contributed by atoms with E-state index in [1.165, 1.54) is 38.5 Å². The van der Waals surface area contributed by atoms with E-state index in [9.17, 15) is 0 Å². The lowest BCUT2D eigenvalue weighted by molar-refractivity contribution is -0.147. The van der Waals surface area contributed by atoms with E-state index in [0.29, 0.717) is 17.9 Å². The summed E-state index contributed by atoms with van der Waals surface area (Å²) >= 11 is 0. The molecule has 0 amide bonds. The van der Waals surface area contributed by atoms with Gasteiger partial charge >= 0.3 is 0 Å². The molecule has 2 N–H and O–H groups in total. The van der Waals surface area contributed by atoms with E-state index in [4.69, 9.17) is 10.5 Å². The smallest absolute Gasteiger partial charge is 0.0685 e. The third kappa shape index (κ3) is 2.21. The predicted octanol–water partition coefficient (Wildman–Crippen LogP) is 2.71. The van der Waals surface area contributed by atoms with Crippen LogP contribution >= 0.6 is 0 Å². The second-order valence-corrected chi connectivity index (χ2v) is 5.60. The van der Waals surface area contributed by atoms with Gasteiger partial charge in [-0.3, -0.25) is 0 Å². The lowest BCUT2D eigenvalue weighted by atomic mass is 9.69. The van der Waals surface area contributed by atoms with Crippen LogP contribution in [0.25, 0.3) is 0 Å². The molecule has 2 rings (SSSR count). The SMILES string of the molecule is CCC(C)C(N)C1CCOC2(CCC2)C1. The van der Waals surface area contributed by atoms with Crippen LogP contribution in [0.15, 0.2) is 0 Å². The van der Waals surface area contributed by atoms with Crippen molar-refractivity contribution >= 4 is 0 Å². The van der Waals surface area contributed by atoms with E-state index in [1.807, 2.05) is 0 Å². The minimum absolute atomic E-state index is 0.258. The van der Waals surface area contributed by atoms with Gasteiger partial charge in [0.1, 0.15) is 0 Å². The van der Waals surface area contributed by atoms with Gasteiger partial charge in [0.05, 0.1) is 5.60 Å². The highest BCUT2D eigenvalue weighted by molar-refractivity contribution is 4.96. The summed E-state index contributed by atoms with van der Waals surface area (Å²) in [5.41, 5.74) is 6.60. The fraction of sp³-hybridized carbons (Fsp3) is 1.00. The van der Waals surface area contributed by atoms with Crippen molar-refractivity contribution in [2.24, 2.45) is 17.6 Å². The average Bonchev–Trinajstić information content (AvgIpc) is 2.25. The largest absolute Gasteiger partial charge is 0.375 e. The molecule has 0 aromatic heterocycles. The van der Waals surface area contributed by atoms with Crippen molar-refractivity contribution in [3.8, 4) is 0 Å². The molecule has 2 fully saturated rings. The van der Waals surface area contributed by atoms with Crippen molar-refractivity contribution in [1.82, 2.24) is 0 Å². The van der Waals surface area contributed by atoms with Gasteiger partial charge < -0.3 is 10.5 Å². The lowest BCUT2D eigenvalue weighted by Crippen LogP contribution is -2.50. The van der Waals surface area contributed by atoms with Crippen LogP contribution < -0.4 is 5.73 Å². The standard InChI is InChI=1S/C13H25NO/c1-3-10(2)12(14)11-5-8-15-13(9-11)6-4-7-13/h10-12H,3-9,14H2,1-2H3. The van der Waals surface area contributed by atoms with Crippen LogP contribution in [0, 0.1) is 11.8 Å². The fourth-order valence-electron chi connectivity index (χ4n) is 3.05. The van der Waals surface area contributed by atoms with Gasteiger partial charge in [0, 0.05) is 12.6 Å². The maximum Gasteiger partial charge on any atom is 0.0685 e. The highest BCUT2D eigenvalue weighted by Crippen LogP contribution is 2.45. The summed E-state index contributed by atoms with van der Waals surface area (Å²) in [4.78, 5) is 0. The summed E-state index contributed by atoms with van der Waals surface area (Å²) in [6.45, 7) is 5.46. The first-order chi connectivity index (χ1) is 7.17. The second-order valence-electron chi connectivity index (χ2n) is 5.60. The molecule has 2 aliphatic rings. The lowest BCUT2D eigenvalue weighted by Gasteiger charge is -2.49. The Labute approximate surface area is 93.6 Å². The maximum absolute atomic E-state index is 6.35. The van der Waals surface area contributed by atoms with Crippen LogP contribution in [-0.2, 0) is 4.74 Å². The molecular weight excluding hydrogens is 186 g/mol. The molecule has 1 aliphatic carbocycles. The number of nitrogens with two attached hydrogens (primary N) is 1. The van der Waals surface area contributed by atoms with Gasteiger partial charge in [-0.05, 0) is 43.9 Å². The summed E-state index contributed by atoms with van der Waals surface area (Å²) in [6, 6.07) is 0.386.